The van der Waals surface area contributed by atoms with Crippen molar-refractivity contribution in [3.05, 3.63) is 28.8 Å². The van der Waals surface area contributed by atoms with Gasteiger partial charge in [-0.2, -0.15) is 26.3 Å². The van der Waals surface area contributed by atoms with Crippen LogP contribution in [0.25, 0.3) is 0 Å². The second kappa shape index (κ2) is 6.98. The number of ether oxygens (including phenoxy) is 1. The maximum absolute atomic E-state index is 13.2. The second-order valence-electron chi connectivity index (χ2n) is 5.71. The standard InChI is InChI=1S/C15H19F6NO/c1-8(2)4-5-11(22)13-10(15(19,20)21)6-9(14(16,17)18)7-12(13)23-3/h6-8,11H,4-5,22H2,1-3H3/t11-/m1/s1. The van der Waals surface area contributed by atoms with Gasteiger partial charge < -0.3 is 10.5 Å². The third-order valence-corrected chi connectivity index (χ3v) is 3.42. The van der Waals surface area contributed by atoms with Crippen molar-refractivity contribution >= 4 is 0 Å². The van der Waals surface area contributed by atoms with Crippen molar-refractivity contribution in [2.45, 2.75) is 45.1 Å². The smallest absolute Gasteiger partial charge is 0.416 e. The molecule has 1 aromatic carbocycles. The van der Waals surface area contributed by atoms with Crippen molar-refractivity contribution in [1.29, 1.82) is 0 Å². The molecular formula is C15H19F6NO. The molecule has 0 spiro atoms. The third kappa shape index (κ3) is 5.02. The summed E-state index contributed by atoms with van der Waals surface area (Å²) in [6.07, 6.45) is -9.11. The fourth-order valence-corrected chi connectivity index (χ4v) is 2.23. The molecule has 1 rings (SSSR count). The van der Waals surface area contributed by atoms with Gasteiger partial charge in [0, 0.05) is 11.6 Å². The van der Waals surface area contributed by atoms with Gasteiger partial charge in [0.05, 0.1) is 18.2 Å². The number of halogens is 6. The molecule has 0 amide bonds. The predicted molar refractivity (Wildman–Crippen MR) is 74.0 cm³/mol. The summed E-state index contributed by atoms with van der Waals surface area (Å²) in [5, 5.41) is 0. The van der Waals surface area contributed by atoms with Crippen molar-refractivity contribution in [3.8, 4) is 5.75 Å². The van der Waals surface area contributed by atoms with Crippen LogP contribution in [0.15, 0.2) is 12.1 Å². The van der Waals surface area contributed by atoms with Crippen molar-refractivity contribution in [2.24, 2.45) is 11.7 Å². The average molecular weight is 343 g/mol. The third-order valence-electron chi connectivity index (χ3n) is 3.42. The van der Waals surface area contributed by atoms with Gasteiger partial charge in [0.2, 0.25) is 0 Å². The van der Waals surface area contributed by atoms with Crippen LogP contribution in [0.3, 0.4) is 0 Å². The molecule has 132 valence electrons. The molecule has 0 heterocycles. The molecule has 8 heteroatoms. The molecule has 1 aromatic rings. The molecule has 0 unspecified atom stereocenters. The first kappa shape index (κ1) is 19.6. The molecule has 23 heavy (non-hydrogen) atoms. The largest absolute Gasteiger partial charge is 0.496 e. The Morgan fingerprint density at radius 3 is 1.96 bits per heavy atom. The van der Waals surface area contributed by atoms with E-state index in [0.717, 1.165) is 7.11 Å². The highest BCUT2D eigenvalue weighted by molar-refractivity contribution is 5.48. The van der Waals surface area contributed by atoms with Crippen LogP contribution < -0.4 is 10.5 Å². The van der Waals surface area contributed by atoms with Crippen LogP contribution in [-0.2, 0) is 12.4 Å². The van der Waals surface area contributed by atoms with Gasteiger partial charge in [0.1, 0.15) is 5.75 Å². The lowest BCUT2D eigenvalue weighted by atomic mass is 9.92. The summed E-state index contributed by atoms with van der Waals surface area (Å²) in [7, 11) is 1.02. The molecule has 0 fully saturated rings. The van der Waals surface area contributed by atoms with Crippen LogP contribution in [0, 0.1) is 5.92 Å². The quantitative estimate of drug-likeness (QED) is 0.749. The molecule has 0 saturated carbocycles. The number of alkyl halides is 6. The highest BCUT2D eigenvalue weighted by atomic mass is 19.4. The molecule has 0 aromatic heterocycles. The first-order valence-corrected chi connectivity index (χ1v) is 6.99. The Morgan fingerprint density at radius 2 is 1.57 bits per heavy atom. The first-order valence-electron chi connectivity index (χ1n) is 6.99. The maximum atomic E-state index is 13.2. The average Bonchev–Trinajstić information content (AvgIpc) is 2.41. The Kier molecular flexibility index (Phi) is 5.95. The summed E-state index contributed by atoms with van der Waals surface area (Å²) in [5.74, 6) is -0.292. The number of methoxy groups -OCH3 is 1. The monoisotopic (exact) mass is 343 g/mol. The summed E-state index contributed by atoms with van der Waals surface area (Å²) < 4.78 is 82.8. The number of hydrogen-bond acceptors (Lipinski definition) is 2. The minimum atomic E-state index is -4.96. The Morgan fingerprint density at radius 1 is 1.00 bits per heavy atom. The van der Waals surface area contributed by atoms with Gasteiger partial charge >= 0.3 is 12.4 Å². The molecule has 0 radical (unpaired) electrons. The number of hydrogen-bond donors (Lipinski definition) is 1. The van der Waals surface area contributed by atoms with Crippen molar-refractivity contribution in [3.63, 3.8) is 0 Å². The van der Waals surface area contributed by atoms with E-state index in [0.29, 0.717) is 12.5 Å². The highest BCUT2D eigenvalue weighted by Crippen LogP contribution is 2.44. The van der Waals surface area contributed by atoms with Gasteiger partial charge in [-0.3, -0.25) is 0 Å². The van der Waals surface area contributed by atoms with Crippen LogP contribution in [0.1, 0.15) is 49.4 Å². The Bertz CT molecular complexity index is 536. The first-order chi connectivity index (χ1) is 10.4. The van der Waals surface area contributed by atoms with Crippen LogP contribution in [0.2, 0.25) is 0 Å². The van der Waals surface area contributed by atoms with Crippen molar-refractivity contribution < 1.29 is 31.1 Å². The van der Waals surface area contributed by atoms with Gasteiger partial charge in [-0.1, -0.05) is 13.8 Å². The zero-order valence-electron chi connectivity index (χ0n) is 13.0. The van der Waals surface area contributed by atoms with E-state index in [-0.39, 0.29) is 18.4 Å². The topological polar surface area (TPSA) is 35.2 Å². The van der Waals surface area contributed by atoms with E-state index in [4.69, 9.17) is 10.5 Å². The van der Waals surface area contributed by atoms with E-state index in [1.807, 2.05) is 13.8 Å². The molecule has 2 N–H and O–H groups in total. The minimum Gasteiger partial charge on any atom is -0.496 e. The second-order valence-corrected chi connectivity index (χ2v) is 5.71. The molecule has 0 aliphatic heterocycles. The number of nitrogens with two attached hydrogens (primary N) is 1. The number of benzene rings is 1. The van der Waals surface area contributed by atoms with E-state index >= 15 is 0 Å². The minimum absolute atomic E-state index is 0.0904. The highest BCUT2D eigenvalue weighted by Gasteiger charge is 2.41. The van der Waals surface area contributed by atoms with Crippen LogP contribution >= 0.6 is 0 Å². The number of rotatable bonds is 5. The molecule has 0 aliphatic carbocycles. The van der Waals surface area contributed by atoms with Gasteiger partial charge in [-0.15, -0.1) is 0 Å². The van der Waals surface area contributed by atoms with Crippen LogP contribution in [0.5, 0.6) is 5.75 Å². The summed E-state index contributed by atoms with van der Waals surface area (Å²) in [5.41, 5.74) is 2.56. The van der Waals surface area contributed by atoms with Crippen LogP contribution in [-0.4, -0.2) is 7.11 Å². The van der Waals surface area contributed by atoms with E-state index in [2.05, 4.69) is 0 Å². The molecule has 2 nitrogen and oxygen atoms in total. The van der Waals surface area contributed by atoms with Crippen LogP contribution in [0.4, 0.5) is 26.3 Å². The lowest BCUT2D eigenvalue weighted by molar-refractivity contribution is -0.143. The van der Waals surface area contributed by atoms with Crippen molar-refractivity contribution in [1.82, 2.24) is 0 Å². The fraction of sp³-hybridized carbons (Fsp3) is 0.600. The molecule has 0 bridgehead atoms. The van der Waals surface area contributed by atoms with E-state index < -0.39 is 40.8 Å². The molecule has 1 atom stereocenters. The predicted octanol–water partition coefficient (Wildman–Crippen LogP) is 5.17. The van der Waals surface area contributed by atoms with E-state index in [1.165, 1.54) is 0 Å². The molecular weight excluding hydrogens is 324 g/mol. The summed E-state index contributed by atoms with van der Waals surface area (Å²) in [4.78, 5) is 0. The van der Waals surface area contributed by atoms with E-state index in [1.54, 1.807) is 0 Å². The molecule has 0 aliphatic rings. The lowest BCUT2D eigenvalue weighted by Gasteiger charge is -2.23. The van der Waals surface area contributed by atoms with E-state index in [9.17, 15) is 26.3 Å². The summed E-state index contributed by atoms with van der Waals surface area (Å²) in [6, 6.07) is -0.418. The van der Waals surface area contributed by atoms with Gasteiger partial charge in [-0.05, 0) is 30.9 Å². The Labute approximate surface area is 130 Å². The zero-order chi connectivity index (χ0) is 18.0. The Hall–Kier alpha value is -1.44. The lowest BCUT2D eigenvalue weighted by Crippen LogP contribution is -2.21. The maximum Gasteiger partial charge on any atom is 0.416 e. The SMILES string of the molecule is COc1cc(C(F)(F)F)cc(C(F)(F)F)c1[C@H](N)CCC(C)C. The Balaban J connectivity index is 3.47. The fourth-order valence-electron chi connectivity index (χ4n) is 2.23. The summed E-state index contributed by atoms with van der Waals surface area (Å²) >= 11 is 0. The van der Waals surface area contributed by atoms with Crippen molar-refractivity contribution in [2.75, 3.05) is 7.11 Å². The normalized spacial score (nSPS) is 14.2. The van der Waals surface area contributed by atoms with Gasteiger partial charge in [0.15, 0.2) is 0 Å². The van der Waals surface area contributed by atoms with Gasteiger partial charge in [0.25, 0.3) is 0 Å². The summed E-state index contributed by atoms with van der Waals surface area (Å²) in [6.45, 7) is 3.75. The molecule has 0 saturated heterocycles. The van der Waals surface area contributed by atoms with Gasteiger partial charge in [-0.25, -0.2) is 0 Å². The zero-order valence-corrected chi connectivity index (χ0v) is 13.0.